The van der Waals surface area contributed by atoms with Gasteiger partial charge in [-0.3, -0.25) is 0 Å². The smallest absolute Gasteiger partial charge is 0.292 e. The minimum absolute atomic E-state index is 0.837. The van der Waals surface area contributed by atoms with E-state index in [0.717, 1.165) is 21.9 Å². The van der Waals surface area contributed by atoms with Gasteiger partial charge in [-0.15, -0.1) is 32.8 Å². The summed E-state index contributed by atoms with van der Waals surface area (Å²) in [7, 11) is 9.76. The Balaban J connectivity index is 1.29. The van der Waals surface area contributed by atoms with Gasteiger partial charge >= 0.3 is 0 Å². The van der Waals surface area contributed by atoms with Crippen molar-refractivity contribution < 1.29 is 8.79 Å². The number of nitrogens with zero attached hydrogens (tertiary/aromatic N) is 2. The molecule has 0 saturated heterocycles. The van der Waals surface area contributed by atoms with Gasteiger partial charge < -0.3 is 8.79 Å². The second-order valence-corrected chi connectivity index (χ2v) is 17.3. The van der Waals surface area contributed by atoms with Crippen LogP contribution in [0.15, 0.2) is 206 Å². The second-order valence-electron chi connectivity index (χ2n) is 17.3. The van der Waals surface area contributed by atoms with Gasteiger partial charge in [0, 0.05) is 28.2 Å². The van der Waals surface area contributed by atoms with Crippen LogP contribution in [0.3, 0.4) is 0 Å². The Kier molecular flexibility index (Phi) is 8.92. The van der Waals surface area contributed by atoms with Gasteiger partial charge in [-0.2, -0.15) is 0 Å². The molecule has 0 aliphatic carbocycles. The van der Waals surface area contributed by atoms with E-state index in [1.165, 1.54) is 66.2 Å². The summed E-state index contributed by atoms with van der Waals surface area (Å²) in [4.78, 5) is 0. The lowest BCUT2D eigenvalue weighted by Crippen LogP contribution is -2.75. The maximum absolute atomic E-state index is 2.44. The zero-order valence-electron chi connectivity index (χ0n) is 33.1. The monoisotopic (exact) mass is 724 g/mol. The summed E-state index contributed by atoms with van der Waals surface area (Å²) >= 11 is 0. The molecular weight excluding hydrogens is 674 g/mol. The third-order valence-corrected chi connectivity index (χ3v) is 13.6. The lowest BCUT2D eigenvalue weighted by atomic mass is 9.21. The van der Waals surface area contributed by atoms with E-state index in [9.17, 15) is 0 Å². The number of quaternary nitrogens is 2. The molecule has 0 saturated carbocycles. The minimum Gasteiger partial charge on any atom is -0.505 e. The van der Waals surface area contributed by atoms with Crippen LogP contribution in [0, 0.1) is 0 Å². The second kappa shape index (κ2) is 14.0. The number of benzene rings is 7. The standard InChI is InChI=1S/C52H50B2N2/c1-55(2)39-49(51(43-23-11-5-12-24-43)53(55,45-27-15-7-16-28-45)46-29-17-8-18-30-46)41-35-37-42(38-36-41)50-40-56(3,4)54(47-31-19-9-20-32-47,48-33-21-10-22-34-48)52(50)44-25-13-6-14-26-44/h5-38H,39-40H2,1-4H3. The van der Waals surface area contributed by atoms with Crippen molar-refractivity contribution in [1.29, 1.82) is 0 Å². The predicted octanol–water partition coefficient (Wildman–Crippen LogP) is 8.29. The van der Waals surface area contributed by atoms with Gasteiger partial charge in [-0.1, -0.05) is 217 Å². The largest absolute Gasteiger partial charge is 0.505 e. The molecule has 2 heterocycles. The van der Waals surface area contributed by atoms with Crippen LogP contribution in [0.4, 0.5) is 0 Å². The molecule has 7 aromatic rings. The van der Waals surface area contributed by atoms with Crippen LogP contribution in [-0.2, 0) is 0 Å². The molecule has 0 radical (unpaired) electrons. The van der Waals surface area contributed by atoms with Crippen molar-refractivity contribution in [3.63, 3.8) is 0 Å². The van der Waals surface area contributed by atoms with Crippen LogP contribution in [0.2, 0.25) is 0 Å². The molecule has 0 N–H and O–H groups in total. The molecular formula is C52H50B2N2. The van der Waals surface area contributed by atoms with Crippen molar-refractivity contribution in [2.24, 2.45) is 0 Å². The van der Waals surface area contributed by atoms with Crippen molar-refractivity contribution in [2.45, 2.75) is 0 Å². The van der Waals surface area contributed by atoms with Crippen molar-refractivity contribution in [1.82, 2.24) is 0 Å². The number of hydrogen-bond donors (Lipinski definition) is 0. The van der Waals surface area contributed by atoms with Gasteiger partial charge in [-0.05, 0) is 22.3 Å². The zero-order chi connectivity index (χ0) is 38.4. The summed E-state index contributed by atoms with van der Waals surface area (Å²) in [6.07, 6.45) is -2.82. The molecule has 0 amide bonds. The lowest BCUT2D eigenvalue weighted by molar-refractivity contribution is -0.775. The molecule has 0 aromatic heterocycles. The van der Waals surface area contributed by atoms with Gasteiger partial charge in [0.25, 0.3) is 12.6 Å². The first-order chi connectivity index (χ1) is 27.3. The molecule has 56 heavy (non-hydrogen) atoms. The fourth-order valence-electron chi connectivity index (χ4n) is 11.5. The summed E-state index contributed by atoms with van der Waals surface area (Å²) in [6, 6.07) is 77.1. The number of hydrogen-bond acceptors (Lipinski definition) is 0. The van der Waals surface area contributed by atoms with Crippen molar-refractivity contribution in [2.75, 3.05) is 41.3 Å². The Labute approximate surface area is 333 Å². The summed E-state index contributed by atoms with van der Waals surface area (Å²) in [6.45, 7) is 1.84. The van der Waals surface area contributed by atoms with Crippen molar-refractivity contribution in [3.05, 3.63) is 229 Å². The molecule has 7 aromatic carbocycles. The van der Waals surface area contributed by atoms with E-state index < -0.39 is 12.6 Å². The predicted molar refractivity (Wildman–Crippen MR) is 243 cm³/mol. The maximum atomic E-state index is 2.44. The molecule has 2 aliphatic rings. The normalized spacial score (nSPS) is 17.9. The van der Waals surface area contributed by atoms with Crippen molar-refractivity contribution >= 4 is 56.5 Å². The Morgan fingerprint density at radius 1 is 0.286 bits per heavy atom. The van der Waals surface area contributed by atoms with Crippen LogP contribution < -0.4 is 21.9 Å². The quantitative estimate of drug-likeness (QED) is 0.139. The van der Waals surface area contributed by atoms with Gasteiger partial charge in [0.15, 0.2) is 0 Å². The van der Waals surface area contributed by atoms with E-state index in [1.54, 1.807) is 0 Å². The van der Waals surface area contributed by atoms with E-state index in [1.807, 2.05) is 0 Å². The van der Waals surface area contributed by atoms with Gasteiger partial charge in [0.2, 0.25) is 0 Å². The van der Waals surface area contributed by atoms with E-state index in [-0.39, 0.29) is 0 Å². The maximum Gasteiger partial charge on any atom is 0.292 e. The third kappa shape index (κ3) is 5.43. The number of likely N-dealkylation sites (N-methyl/N-ethyl adjacent to an activating group) is 2. The summed E-state index contributed by atoms with van der Waals surface area (Å²) in [5, 5.41) is 0. The van der Waals surface area contributed by atoms with E-state index in [2.05, 4.69) is 234 Å². The number of rotatable bonds is 8. The Morgan fingerprint density at radius 2 is 0.518 bits per heavy atom. The molecule has 9 rings (SSSR count). The van der Waals surface area contributed by atoms with Crippen molar-refractivity contribution in [3.8, 4) is 0 Å². The topological polar surface area (TPSA) is 0 Å². The molecule has 274 valence electrons. The molecule has 2 nitrogen and oxygen atoms in total. The third-order valence-electron chi connectivity index (χ3n) is 13.6. The molecule has 0 fully saturated rings. The molecule has 0 unspecified atom stereocenters. The molecule has 0 bridgehead atoms. The van der Waals surface area contributed by atoms with Crippen LogP contribution in [-0.4, -0.2) is 62.6 Å². The molecule has 0 spiro atoms. The highest BCUT2D eigenvalue weighted by molar-refractivity contribution is 7.12. The average molecular weight is 725 g/mol. The fourth-order valence-corrected chi connectivity index (χ4v) is 11.5. The fraction of sp³-hybridized carbons (Fsp3) is 0.115. The lowest BCUT2D eigenvalue weighted by Gasteiger charge is -2.53. The summed E-state index contributed by atoms with van der Waals surface area (Å²) in [5.41, 5.74) is 16.4. The molecule has 4 heteroatoms. The molecule has 0 atom stereocenters. The first-order valence-corrected chi connectivity index (χ1v) is 20.2. The van der Waals surface area contributed by atoms with E-state index >= 15 is 0 Å². The zero-order valence-corrected chi connectivity index (χ0v) is 33.1. The molecule has 2 aliphatic heterocycles. The van der Waals surface area contributed by atoms with Crippen LogP contribution >= 0.6 is 0 Å². The van der Waals surface area contributed by atoms with Crippen LogP contribution in [0.5, 0.6) is 0 Å². The van der Waals surface area contributed by atoms with E-state index in [0.29, 0.717) is 0 Å². The first-order valence-electron chi connectivity index (χ1n) is 20.2. The van der Waals surface area contributed by atoms with Gasteiger partial charge in [0.1, 0.15) is 0 Å². The van der Waals surface area contributed by atoms with Crippen LogP contribution in [0.25, 0.3) is 22.1 Å². The first kappa shape index (κ1) is 35.8. The van der Waals surface area contributed by atoms with Gasteiger partial charge in [-0.25, -0.2) is 0 Å². The average Bonchev–Trinajstić information content (AvgIpc) is 3.67. The van der Waals surface area contributed by atoms with E-state index in [4.69, 9.17) is 0 Å². The minimum atomic E-state index is -1.41. The highest BCUT2D eigenvalue weighted by atomic mass is 15.3. The summed E-state index contributed by atoms with van der Waals surface area (Å²) < 4.78 is 1.67. The Hall–Kier alpha value is -5.93. The highest BCUT2D eigenvalue weighted by Crippen LogP contribution is 2.47. The van der Waals surface area contributed by atoms with Crippen LogP contribution in [0.1, 0.15) is 22.3 Å². The Bertz CT molecular complexity index is 2270. The SMILES string of the molecule is C[N+]1(C)CC(c2ccc(C3=C(c4ccccc4)[B-](c4ccccc4)(c4ccccc4)[N+](C)(C)C3)cc2)=C(c2ccccc2)[B-]1(c1ccccc1)c1ccccc1. The summed E-state index contributed by atoms with van der Waals surface area (Å²) in [5.74, 6) is 0. The highest BCUT2D eigenvalue weighted by Gasteiger charge is 2.55. The van der Waals surface area contributed by atoms with Gasteiger partial charge in [0.05, 0.1) is 13.1 Å². The Morgan fingerprint density at radius 3 is 0.768 bits per heavy atom.